The molecule has 1 saturated carbocycles. The Labute approximate surface area is 128 Å². The van der Waals surface area contributed by atoms with E-state index in [4.69, 9.17) is 14.2 Å². The fraction of sp³-hybridized carbons (Fsp3) is 0.562. The van der Waals surface area contributed by atoms with E-state index in [1.165, 1.54) is 19.2 Å². The van der Waals surface area contributed by atoms with Gasteiger partial charge in [0.2, 0.25) is 0 Å². The van der Waals surface area contributed by atoms with Gasteiger partial charge in [0.05, 0.1) is 32.5 Å². The summed E-state index contributed by atoms with van der Waals surface area (Å²) >= 11 is 0. The summed E-state index contributed by atoms with van der Waals surface area (Å²) in [6, 6.07) is 4.24. The van der Waals surface area contributed by atoms with Crippen LogP contribution < -0.4 is 10.1 Å². The molecule has 1 aliphatic heterocycles. The van der Waals surface area contributed by atoms with Crippen LogP contribution in [0.5, 0.6) is 5.75 Å². The number of halogens is 1. The monoisotopic (exact) mass is 309 g/mol. The van der Waals surface area contributed by atoms with E-state index in [0.29, 0.717) is 18.8 Å². The number of hydrogen-bond acceptors (Lipinski definition) is 4. The Morgan fingerprint density at radius 3 is 2.77 bits per heavy atom. The Balaban J connectivity index is 1.61. The maximum Gasteiger partial charge on any atom is 0.251 e. The molecule has 3 unspecified atom stereocenters. The van der Waals surface area contributed by atoms with Crippen LogP contribution >= 0.6 is 0 Å². The van der Waals surface area contributed by atoms with Gasteiger partial charge in [-0.15, -0.1) is 0 Å². The van der Waals surface area contributed by atoms with Crippen LogP contribution in [0.1, 0.15) is 29.6 Å². The van der Waals surface area contributed by atoms with E-state index in [0.717, 1.165) is 19.3 Å². The topological polar surface area (TPSA) is 56.8 Å². The van der Waals surface area contributed by atoms with E-state index in [1.54, 1.807) is 6.07 Å². The summed E-state index contributed by atoms with van der Waals surface area (Å²) in [4.78, 5) is 12.2. The summed E-state index contributed by atoms with van der Waals surface area (Å²) in [7, 11) is 1.39. The molecule has 5 nitrogen and oxygen atoms in total. The molecule has 6 heteroatoms. The van der Waals surface area contributed by atoms with Crippen molar-refractivity contribution in [3.05, 3.63) is 29.6 Å². The first-order valence-electron chi connectivity index (χ1n) is 7.55. The van der Waals surface area contributed by atoms with Crippen molar-refractivity contribution in [1.29, 1.82) is 0 Å². The van der Waals surface area contributed by atoms with E-state index < -0.39 is 5.82 Å². The van der Waals surface area contributed by atoms with Crippen LogP contribution in [0.25, 0.3) is 0 Å². The quantitative estimate of drug-likeness (QED) is 0.926. The molecule has 1 aromatic rings. The number of fused-ring (bicyclic) bond motifs is 1. The maximum absolute atomic E-state index is 13.7. The van der Waals surface area contributed by atoms with Gasteiger partial charge in [-0.1, -0.05) is 0 Å². The van der Waals surface area contributed by atoms with Crippen molar-refractivity contribution >= 4 is 5.91 Å². The van der Waals surface area contributed by atoms with Crippen molar-refractivity contribution in [3.63, 3.8) is 0 Å². The first-order chi connectivity index (χ1) is 10.7. The van der Waals surface area contributed by atoms with Crippen molar-refractivity contribution in [2.24, 2.45) is 0 Å². The molecular weight excluding hydrogens is 289 g/mol. The second-order valence-corrected chi connectivity index (χ2v) is 5.65. The van der Waals surface area contributed by atoms with Gasteiger partial charge in [0.1, 0.15) is 0 Å². The van der Waals surface area contributed by atoms with Gasteiger partial charge < -0.3 is 19.5 Å². The highest BCUT2D eigenvalue weighted by Crippen LogP contribution is 2.27. The van der Waals surface area contributed by atoms with E-state index in [1.807, 2.05) is 0 Å². The molecule has 1 saturated heterocycles. The standard InChI is InChI=1S/C16H20FNO4/c1-20-13-4-2-10(8-12(13)17)16(19)18-11-3-5-14-15(9-11)22-7-6-21-14/h2,4,8,11,14-15H,3,5-7,9H2,1H3,(H,18,19). The molecule has 22 heavy (non-hydrogen) atoms. The molecule has 0 bridgehead atoms. The number of carbonyl (C=O) groups is 1. The average molecular weight is 309 g/mol. The van der Waals surface area contributed by atoms with E-state index in [-0.39, 0.29) is 29.9 Å². The maximum atomic E-state index is 13.7. The number of methoxy groups -OCH3 is 1. The minimum atomic E-state index is -0.539. The molecule has 3 rings (SSSR count). The second-order valence-electron chi connectivity index (χ2n) is 5.65. The third-order valence-corrected chi connectivity index (χ3v) is 4.23. The van der Waals surface area contributed by atoms with Gasteiger partial charge in [-0.2, -0.15) is 0 Å². The van der Waals surface area contributed by atoms with E-state index in [9.17, 15) is 9.18 Å². The molecular formula is C16H20FNO4. The fourth-order valence-electron chi connectivity index (χ4n) is 3.07. The Morgan fingerprint density at radius 1 is 1.27 bits per heavy atom. The normalized spacial score (nSPS) is 27.8. The molecule has 0 spiro atoms. The molecule has 1 aromatic carbocycles. The fourth-order valence-corrected chi connectivity index (χ4v) is 3.07. The van der Waals surface area contributed by atoms with Gasteiger partial charge in [0.25, 0.3) is 5.91 Å². The van der Waals surface area contributed by atoms with Gasteiger partial charge in [-0.05, 0) is 37.5 Å². The van der Waals surface area contributed by atoms with Crippen LogP contribution in [0.3, 0.4) is 0 Å². The van der Waals surface area contributed by atoms with Gasteiger partial charge in [-0.3, -0.25) is 4.79 Å². The molecule has 1 N–H and O–H groups in total. The summed E-state index contributed by atoms with van der Waals surface area (Å²) in [5.74, 6) is -0.686. The number of amides is 1. The average Bonchev–Trinajstić information content (AvgIpc) is 2.54. The molecule has 120 valence electrons. The predicted octanol–water partition coefficient (Wildman–Crippen LogP) is 1.90. The first-order valence-corrected chi connectivity index (χ1v) is 7.55. The smallest absolute Gasteiger partial charge is 0.251 e. The lowest BCUT2D eigenvalue weighted by Gasteiger charge is -2.39. The van der Waals surface area contributed by atoms with Crippen molar-refractivity contribution in [1.82, 2.24) is 5.32 Å². The minimum Gasteiger partial charge on any atom is -0.494 e. The molecule has 2 fully saturated rings. The zero-order valence-corrected chi connectivity index (χ0v) is 12.5. The van der Waals surface area contributed by atoms with Crippen LogP contribution in [-0.2, 0) is 9.47 Å². The van der Waals surface area contributed by atoms with Gasteiger partial charge >= 0.3 is 0 Å². The van der Waals surface area contributed by atoms with E-state index in [2.05, 4.69) is 5.32 Å². The Hall–Kier alpha value is -1.66. The lowest BCUT2D eigenvalue weighted by atomic mass is 9.89. The van der Waals surface area contributed by atoms with Crippen molar-refractivity contribution in [2.45, 2.75) is 37.5 Å². The number of ether oxygens (including phenoxy) is 3. The van der Waals surface area contributed by atoms with Crippen molar-refractivity contribution < 1.29 is 23.4 Å². The van der Waals surface area contributed by atoms with Crippen LogP contribution in [0.2, 0.25) is 0 Å². The summed E-state index contributed by atoms with van der Waals surface area (Å²) in [5.41, 5.74) is 0.293. The van der Waals surface area contributed by atoms with Crippen LogP contribution in [-0.4, -0.2) is 44.5 Å². The third-order valence-electron chi connectivity index (χ3n) is 4.23. The molecule has 0 aromatic heterocycles. The number of benzene rings is 1. The zero-order valence-electron chi connectivity index (χ0n) is 12.5. The van der Waals surface area contributed by atoms with Crippen LogP contribution in [0.4, 0.5) is 4.39 Å². The molecule has 1 amide bonds. The number of nitrogens with one attached hydrogen (secondary N) is 1. The molecule has 1 aliphatic carbocycles. The number of carbonyl (C=O) groups excluding carboxylic acids is 1. The lowest BCUT2D eigenvalue weighted by Crippen LogP contribution is -2.49. The minimum absolute atomic E-state index is 0.0283. The lowest BCUT2D eigenvalue weighted by molar-refractivity contribution is -0.157. The zero-order chi connectivity index (χ0) is 15.5. The third kappa shape index (κ3) is 3.23. The highest BCUT2D eigenvalue weighted by molar-refractivity contribution is 5.94. The van der Waals surface area contributed by atoms with Gasteiger partial charge in [0, 0.05) is 11.6 Å². The molecule has 3 atom stereocenters. The number of rotatable bonds is 3. The largest absolute Gasteiger partial charge is 0.494 e. The Kier molecular flexibility index (Phi) is 4.59. The van der Waals surface area contributed by atoms with Crippen molar-refractivity contribution in [3.8, 4) is 5.75 Å². The summed E-state index contributed by atoms with van der Waals surface area (Å²) in [6.45, 7) is 1.24. The summed E-state index contributed by atoms with van der Waals surface area (Å²) < 4.78 is 29.9. The molecule has 0 radical (unpaired) electrons. The van der Waals surface area contributed by atoms with E-state index >= 15 is 0 Å². The first kappa shape index (κ1) is 15.2. The van der Waals surface area contributed by atoms with Gasteiger partial charge in [0.15, 0.2) is 11.6 Å². The summed E-state index contributed by atoms with van der Waals surface area (Å²) in [6.07, 6.45) is 2.62. The van der Waals surface area contributed by atoms with Crippen LogP contribution in [0.15, 0.2) is 18.2 Å². The Bertz CT molecular complexity index is 551. The summed E-state index contributed by atoms with van der Waals surface area (Å²) in [5, 5.41) is 2.95. The van der Waals surface area contributed by atoms with Gasteiger partial charge in [-0.25, -0.2) is 4.39 Å². The molecule has 1 heterocycles. The number of hydrogen-bond donors (Lipinski definition) is 1. The second kappa shape index (κ2) is 6.62. The van der Waals surface area contributed by atoms with Crippen molar-refractivity contribution in [2.75, 3.05) is 20.3 Å². The highest BCUT2D eigenvalue weighted by Gasteiger charge is 2.34. The molecule has 2 aliphatic rings. The predicted molar refractivity (Wildman–Crippen MR) is 77.5 cm³/mol. The van der Waals surface area contributed by atoms with Crippen LogP contribution in [0, 0.1) is 5.82 Å². The SMILES string of the molecule is COc1ccc(C(=O)NC2CCC3OCCOC3C2)cc1F. The Morgan fingerprint density at radius 2 is 2.05 bits per heavy atom. The highest BCUT2D eigenvalue weighted by atomic mass is 19.1.